The van der Waals surface area contributed by atoms with E-state index in [9.17, 15) is 4.79 Å². The van der Waals surface area contributed by atoms with E-state index >= 15 is 0 Å². The monoisotopic (exact) mass is 431 g/mol. The number of thioether (sulfide) groups is 1. The van der Waals surface area contributed by atoms with E-state index in [1.165, 1.54) is 11.8 Å². The van der Waals surface area contributed by atoms with E-state index in [2.05, 4.69) is 20.5 Å². The summed E-state index contributed by atoms with van der Waals surface area (Å²) in [5, 5.41) is 12.9. The van der Waals surface area contributed by atoms with Crippen molar-refractivity contribution in [2.75, 3.05) is 26.0 Å². The molecule has 0 spiro atoms. The molecule has 1 amide bonds. The molecule has 0 atom stereocenters. The van der Waals surface area contributed by atoms with Crippen LogP contribution in [0.4, 0.5) is 0 Å². The fourth-order valence-electron chi connectivity index (χ4n) is 2.73. The molecule has 3 aromatic rings. The molecule has 0 aliphatic carbocycles. The molecule has 7 nitrogen and oxygen atoms in total. The number of ether oxygens (including phenoxy) is 1. The zero-order chi connectivity index (χ0) is 20.6. The Bertz CT molecular complexity index is 965. The van der Waals surface area contributed by atoms with Gasteiger partial charge >= 0.3 is 0 Å². The molecule has 3 rings (SSSR count). The molecule has 0 aliphatic rings. The van der Waals surface area contributed by atoms with Gasteiger partial charge in [-0.05, 0) is 43.2 Å². The van der Waals surface area contributed by atoms with Gasteiger partial charge in [-0.15, -0.1) is 10.2 Å². The van der Waals surface area contributed by atoms with E-state index in [1.807, 2.05) is 41.8 Å². The molecule has 2 heterocycles. The fourth-order valence-corrected chi connectivity index (χ4v) is 3.68. The molecule has 1 N–H and O–H groups in total. The number of rotatable bonds is 9. The molecular weight excluding hydrogens is 410 g/mol. The predicted octanol–water partition coefficient (Wildman–Crippen LogP) is 3.54. The van der Waals surface area contributed by atoms with Gasteiger partial charge in [0.05, 0.1) is 11.4 Å². The Hall–Kier alpha value is -2.42. The van der Waals surface area contributed by atoms with E-state index in [0.717, 1.165) is 23.2 Å². The van der Waals surface area contributed by atoms with Crippen LogP contribution in [0.25, 0.3) is 17.1 Å². The first kappa shape index (κ1) is 21.3. The Morgan fingerprint density at radius 1 is 1.24 bits per heavy atom. The number of pyridine rings is 1. The molecule has 0 fully saturated rings. The topological polar surface area (TPSA) is 81.9 Å². The Morgan fingerprint density at radius 3 is 2.79 bits per heavy atom. The van der Waals surface area contributed by atoms with Crippen LogP contribution in [0.5, 0.6) is 0 Å². The highest BCUT2D eigenvalue weighted by molar-refractivity contribution is 7.99. The van der Waals surface area contributed by atoms with Gasteiger partial charge in [0.1, 0.15) is 0 Å². The van der Waals surface area contributed by atoms with Crippen LogP contribution in [0.1, 0.15) is 12.0 Å². The molecule has 29 heavy (non-hydrogen) atoms. The van der Waals surface area contributed by atoms with Crippen LogP contribution in [-0.4, -0.2) is 51.7 Å². The van der Waals surface area contributed by atoms with Crippen LogP contribution in [0.3, 0.4) is 0 Å². The first-order chi connectivity index (χ1) is 14.1. The van der Waals surface area contributed by atoms with Gasteiger partial charge < -0.3 is 10.1 Å². The van der Waals surface area contributed by atoms with Crippen LogP contribution in [0.15, 0.2) is 47.9 Å². The summed E-state index contributed by atoms with van der Waals surface area (Å²) in [6.45, 7) is 3.14. The molecule has 0 radical (unpaired) electrons. The average molecular weight is 432 g/mol. The minimum atomic E-state index is -0.0612. The van der Waals surface area contributed by atoms with E-state index < -0.39 is 0 Å². The van der Waals surface area contributed by atoms with Crippen molar-refractivity contribution in [3.8, 4) is 17.1 Å². The van der Waals surface area contributed by atoms with Gasteiger partial charge in [0.15, 0.2) is 11.0 Å². The molecule has 1 aromatic carbocycles. The van der Waals surface area contributed by atoms with Gasteiger partial charge in [-0.2, -0.15) is 0 Å². The number of nitrogens with zero attached hydrogens (tertiary/aromatic N) is 4. The molecule has 0 saturated heterocycles. The van der Waals surface area contributed by atoms with Gasteiger partial charge in [0.2, 0.25) is 5.91 Å². The average Bonchev–Trinajstić information content (AvgIpc) is 3.16. The SMILES string of the molecule is COCCCNC(=O)CSc1nnc(-c2ccncc2)n1-c1cccc(Cl)c1C. The van der Waals surface area contributed by atoms with Crippen molar-refractivity contribution in [2.45, 2.75) is 18.5 Å². The lowest BCUT2D eigenvalue weighted by Gasteiger charge is -2.14. The molecule has 9 heteroatoms. The van der Waals surface area contributed by atoms with E-state index in [0.29, 0.717) is 29.2 Å². The van der Waals surface area contributed by atoms with Gasteiger partial charge in [-0.25, -0.2) is 0 Å². The third-order valence-corrected chi connectivity index (χ3v) is 5.57. The molecule has 0 aliphatic heterocycles. The summed E-state index contributed by atoms with van der Waals surface area (Å²) < 4.78 is 6.92. The number of amides is 1. The number of methoxy groups -OCH3 is 1. The zero-order valence-electron chi connectivity index (χ0n) is 16.3. The first-order valence-electron chi connectivity index (χ1n) is 9.11. The molecule has 152 valence electrons. The van der Waals surface area contributed by atoms with Gasteiger partial charge in [0.25, 0.3) is 0 Å². The first-order valence-corrected chi connectivity index (χ1v) is 10.5. The summed E-state index contributed by atoms with van der Waals surface area (Å²) in [6, 6.07) is 9.44. The van der Waals surface area contributed by atoms with Crippen molar-refractivity contribution in [1.82, 2.24) is 25.1 Å². The number of halogens is 1. The highest BCUT2D eigenvalue weighted by Gasteiger charge is 2.19. The minimum Gasteiger partial charge on any atom is -0.385 e. The second-order valence-corrected chi connectivity index (χ2v) is 7.60. The van der Waals surface area contributed by atoms with Crippen molar-refractivity contribution in [3.05, 3.63) is 53.3 Å². The Morgan fingerprint density at radius 2 is 2.03 bits per heavy atom. The fraction of sp³-hybridized carbons (Fsp3) is 0.300. The molecule has 2 aromatic heterocycles. The van der Waals surface area contributed by atoms with E-state index in [4.69, 9.17) is 16.3 Å². The summed E-state index contributed by atoms with van der Waals surface area (Å²) in [7, 11) is 1.64. The maximum Gasteiger partial charge on any atom is 0.230 e. The Kier molecular flexibility index (Phi) is 7.62. The van der Waals surface area contributed by atoms with Crippen LogP contribution < -0.4 is 5.32 Å². The highest BCUT2D eigenvalue weighted by Crippen LogP contribution is 2.31. The van der Waals surface area contributed by atoms with Crippen molar-refractivity contribution >= 4 is 29.3 Å². The van der Waals surface area contributed by atoms with Crippen molar-refractivity contribution in [1.29, 1.82) is 0 Å². The largest absolute Gasteiger partial charge is 0.385 e. The summed E-state index contributed by atoms with van der Waals surface area (Å²) >= 11 is 7.68. The summed E-state index contributed by atoms with van der Waals surface area (Å²) in [4.78, 5) is 16.2. The van der Waals surface area contributed by atoms with E-state index in [1.54, 1.807) is 19.5 Å². The standard InChI is InChI=1S/C20H22ClN5O2S/c1-14-16(21)5-3-6-17(14)26-19(15-7-10-22-11-8-15)24-25-20(26)29-13-18(27)23-9-4-12-28-2/h3,5-8,10-11H,4,9,12-13H2,1-2H3,(H,23,27). The number of nitrogens with one attached hydrogen (secondary N) is 1. The van der Waals surface area contributed by atoms with Crippen molar-refractivity contribution in [2.24, 2.45) is 0 Å². The second-order valence-electron chi connectivity index (χ2n) is 6.25. The molecule has 0 bridgehead atoms. The van der Waals surface area contributed by atoms with Crippen molar-refractivity contribution < 1.29 is 9.53 Å². The molecule has 0 saturated carbocycles. The maximum atomic E-state index is 12.2. The van der Waals surface area contributed by atoms with Gasteiger partial charge in [-0.1, -0.05) is 29.4 Å². The second kappa shape index (κ2) is 10.4. The van der Waals surface area contributed by atoms with Gasteiger partial charge in [-0.3, -0.25) is 14.3 Å². The summed E-state index contributed by atoms with van der Waals surface area (Å²) in [5.41, 5.74) is 2.66. The van der Waals surface area contributed by atoms with Crippen LogP contribution >= 0.6 is 23.4 Å². The quantitative estimate of drug-likeness (QED) is 0.412. The number of hydrogen-bond donors (Lipinski definition) is 1. The number of carbonyl (C=O) groups is 1. The Labute approximate surface area is 178 Å². The smallest absolute Gasteiger partial charge is 0.230 e. The van der Waals surface area contributed by atoms with Gasteiger partial charge in [0, 0.05) is 43.2 Å². The zero-order valence-corrected chi connectivity index (χ0v) is 17.8. The molecular formula is C20H22ClN5O2S. The predicted molar refractivity (Wildman–Crippen MR) is 115 cm³/mol. The van der Waals surface area contributed by atoms with Crippen LogP contribution in [0.2, 0.25) is 5.02 Å². The number of aromatic nitrogens is 4. The normalized spacial score (nSPS) is 10.9. The maximum absolute atomic E-state index is 12.2. The highest BCUT2D eigenvalue weighted by atomic mass is 35.5. The van der Waals surface area contributed by atoms with Crippen LogP contribution in [-0.2, 0) is 9.53 Å². The summed E-state index contributed by atoms with van der Waals surface area (Å²) in [5.74, 6) is 0.843. The Balaban J connectivity index is 1.87. The van der Waals surface area contributed by atoms with Crippen molar-refractivity contribution in [3.63, 3.8) is 0 Å². The summed E-state index contributed by atoms with van der Waals surface area (Å²) in [6.07, 6.45) is 4.19. The number of hydrogen-bond acceptors (Lipinski definition) is 6. The minimum absolute atomic E-state index is 0.0612. The third kappa shape index (κ3) is 5.35. The lowest BCUT2D eigenvalue weighted by molar-refractivity contribution is -0.118. The third-order valence-electron chi connectivity index (χ3n) is 4.23. The lowest BCUT2D eigenvalue weighted by Crippen LogP contribution is -2.27. The lowest BCUT2D eigenvalue weighted by atomic mass is 10.2. The van der Waals surface area contributed by atoms with Crippen LogP contribution in [0, 0.1) is 6.92 Å². The van der Waals surface area contributed by atoms with E-state index in [-0.39, 0.29) is 11.7 Å². The number of benzene rings is 1. The number of carbonyl (C=O) groups excluding carboxylic acids is 1. The molecule has 0 unspecified atom stereocenters.